The number of rotatable bonds is 6. The molecule has 0 saturated heterocycles. The first-order chi connectivity index (χ1) is 11.5. The SMILES string of the molecule is N[C@H]1C[C@](O)(CO)[C@@H](O)[C@H](O)[C@H]1O.O=C[C@H](O)[C@@H](O)[C@H](O)[C@H](O)CO. The fourth-order valence-electron chi connectivity index (χ4n) is 2.18. The fourth-order valence-corrected chi connectivity index (χ4v) is 2.18. The van der Waals surface area contributed by atoms with Gasteiger partial charge in [-0.05, 0) is 6.42 Å². The predicted octanol–water partition coefficient (Wildman–Crippen LogP) is -6.86. The fraction of sp³-hybridized carbons (Fsp3) is 0.923. The number of aliphatic hydroxyl groups is 10. The quantitative estimate of drug-likeness (QED) is 0.194. The van der Waals surface area contributed by atoms with Crippen LogP contribution in [-0.2, 0) is 4.79 Å². The highest BCUT2D eigenvalue weighted by molar-refractivity contribution is 5.56. The second-order valence-corrected chi connectivity index (χ2v) is 5.91. The zero-order valence-electron chi connectivity index (χ0n) is 13.3. The lowest BCUT2D eigenvalue weighted by Crippen LogP contribution is -2.66. The first-order valence-corrected chi connectivity index (χ1v) is 7.38. The van der Waals surface area contributed by atoms with Crippen molar-refractivity contribution in [3.8, 4) is 0 Å². The van der Waals surface area contributed by atoms with E-state index < -0.39 is 67.6 Å². The number of carbonyl (C=O) groups excluding carboxylic acids is 1. The molecular formula is C13H27NO11. The number of carbonyl (C=O) groups is 1. The Kier molecular flexibility index (Phi) is 10.1. The molecule has 0 spiro atoms. The minimum atomic E-state index is -1.82. The summed E-state index contributed by atoms with van der Waals surface area (Å²) in [5.74, 6) is 0. The van der Waals surface area contributed by atoms with Crippen LogP contribution in [0.15, 0.2) is 0 Å². The van der Waals surface area contributed by atoms with E-state index in [-0.39, 0.29) is 12.7 Å². The Morgan fingerprint density at radius 1 is 1.04 bits per heavy atom. The Morgan fingerprint density at radius 2 is 1.56 bits per heavy atom. The van der Waals surface area contributed by atoms with E-state index in [2.05, 4.69) is 0 Å². The van der Waals surface area contributed by atoms with Gasteiger partial charge >= 0.3 is 0 Å². The number of aldehydes is 1. The van der Waals surface area contributed by atoms with Crippen molar-refractivity contribution in [3.63, 3.8) is 0 Å². The van der Waals surface area contributed by atoms with Gasteiger partial charge in [0.1, 0.15) is 42.2 Å². The molecule has 1 aliphatic rings. The molecule has 0 aromatic carbocycles. The van der Waals surface area contributed by atoms with Crippen molar-refractivity contribution < 1.29 is 55.9 Å². The molecule has 1 fully saturated rings. The summed E-state index contributed by atoms with van der Waals surface area (Å²) in [5.41, 5.74) is 3.57. The van der Waals surface area contributed by atoms with E-state index >= 15 is 0 Å². The highest BCUT2D eigenvalue weighted by Gasteiger charge is 2.50. The van der Waals surface area contributed by atoms with Crippen molar-refractivity contribution in [3.05, 3.63) is 0 Å². The Hall–Kier alpha value is -0.770. The van der Waals surface area contributed by atoms with Crippen molar-refractivity contribution in [2.75, 3.05) is 13.2 Å². The summed E-state index contributed by atoms with van der Waals surface area (Å²) in [6.45, 7) is -1.46. The summed E-state index contributed by atoms with van der Waals surface area (Å²) in [5, 5.41) is 89.6. The van der Waals surface area contributed by atoms with E-state index in [4.69, 9.17) is 36.4 Å². The van der Waals surface area contributed by atoms with Crippen LogP contribution in [-0.4, -0.2) is 125 Å². The minimum absolute atomic E-state index is 0.0258. The molecule has 1 aliphatic carbocycles. The Bertz CT molecular complexity index is 400. The average Bonchev–Trinajstić information content (AvgIpc) is 2.62. The third kappa shape index (κ3) is 6.16. The molecule has 0 unspecified atom stereocenters. The van der Waals surface area contributed by atoms with Crippen LogP contribution in [0.3, 0.4) is 0 Å². The van der Waals surface area contributed by atoms with E-state index in [9.17, 15) is 25.2 Å². The van der Waals surface area contributed by atoms with Gasteiger partial charge in [0, 0.05) is 6.04 Å². The highest BCUT2D eigenvalue weighted by Crippen LogP contribution is 2.28. The Labute approximate surface area is 143 Å². The van der Waals surface area contributed by atoms with Crippen molar-refractivity contribution in [1.82, 2.24) is 0 Å². The van der Waals surface area contributed by atoms with Gasteiger partial charge in [-0.1, -0.05) is 0 Å². The van der Waals surface area contributed by atoms with Gasteiger partial charge in [-0.15, -0.1) is 0 Å². The van der Waals surface area contributed by atoms with Crippen molar-refractivity contribution in [2.24, 2.45) is 5.73 Å². The van der Waals surface area contributed by atoms with Gasteiger partial charge in [0.2, 0.25) is 0 Å². The molecule has 12 nitrogen and oxygen atoms in total. The molecule has 1 rings (SSSR count). The minimum Gasteiger partial charge on any atom is -0.394 e. The lowest BCUT2D eigenvalue weighted by Gasteiger charge is -2.43. The molecule has 0 aliphatic heterocycles. The number of hydrogen-bond acceptors (Lipinski definition) is 12. The molecule has 0 radical (unpaired) electrons. The number of hydrogen-bond donors (Lipinski definition) is 11. The lowest BCUT2D eigenvalue weighted by atomic mass is 9.77. The second-order valence-electron chi connectivity index (χ2n) is 5.91. The molecule has 0 aromatic rings. The molecule has 0 amide bonds. The van der Waals surface area contributed by atoms with Gasteiger partial charge in [-0.25, -0.2) is 0 Å². The van der Waals surface area contributed by atoms with Crippen molar-refractivity contribution in [2.45, 2.75) is 60.8 Å². The zero-order chi connectivity index (χ0) is 19.9. The maximum absolute atomic E-state index is 9.90. The van der Waals surface area contributed by atoms with Gasteiger partial charge < -0.3 is 61.6 Å². The summed E-state index contributed by atoms with van der Waals surface area (Å²) < 4.78 is 0. The molecule has 0 aromatic heterocycles. The monoisotopic (exact) mass is 373 g/mol. The van der Waals surface area contributed by atoms with Crippen LogP contribution in [0, 0.1) is 0 Å². The smallest absolute Gasteiger partial charge is 0.151 e. The van der Waals surface area contributed by atoms with Crippen molar-refractivity contribution in [1.29, 1.82) is 0 Å². The van der Waals surface area contributed by atoms with Crippen LogP contribution in [0.2, 0.25) is 0 Å². The normalized spacial score (nSPS) is 37.2. The molecule has 0 heterocycles. The Balaban J connectivity index is 0.000000463. The average molecular weight is 373 g/mol. The van der Waals surface area contributed by atoms with E-state index in [1.54, 1.807) is 0 Å². The summed E-state index contributed by atoms with van der Waals surface area (Å²) in [7, 11) is 0. The first-order valence-electron chi connectivity index (χ1n) is 7.38. The number of nitrogens with two attached hydrogens (primary N) is 1. The van der Waals surface area contributed by atoms with Crippen LogP contribution >= 0.6 is 0 Å². The summed E-state index contributed by atoms with van der Waals surface area (Å²) >= 11 is 0. The van der Waals surface area contributed by atoms with Gasteiger partial charge in [-0.3, -0.25) is 0 Å². The number of aliphatic hydroxyl groups excluding tert-OH is 9. The van der Waals surface area contributed by atoms with Gasteiger partial charge in [0.15, 0.2) is 6.29 Å². The molecule has 25 heavy (non-hydrogen) atoms. The molecule has 1 saturated carbocycles. The molecule has 12 heteroatoms. The standard InChI is InChI=1S/C7H15NO5.C6H12O6/c8-3-1-7(13,2-9)6(12)5(11)4(3)10;7-1-3(9)5(11)6(12)4(10)2-8/h3-6,9-13H,1-2,8H2;1,3-6,8-12H,2H2/t3-,4-,5+,6-,7-;3-,4+,5+,6+/m00/s1. The third-order valence-electron chi connectivity index (χ3n) is 3.95. The largest absolute Gasteiger partial charge is 0.394 e. The second kappa shape index (κ2) is 10.4. The van der Waals surface area contributed by atoms with Crippen molar-refractivity contribution >= 4 is 6.29 Å². The Morgan fingerprint density at radius 3 is 1.96 bits per heavy atom. The lowest BCUT2D eigenvalue weighted by molar-refractivity contribution is -0.203. The predicted molar refractivity (Wildman–Crippen MR) is 79.8 cm³/mol. The van der Waals surface area contributed by atoms with Crippen LogP contribution < -0.4 is 5.73 Å². The maximum atomic E-state index is 9.90. The van der Waals surface area contributed by atoms with Crippen LogP contribution in [0.1, 0.15) is 6.42 Å². The molecule has 9 atom stereocenters. The van der Waals surface area contributed by atoms with E-state index in [0.29, 0.717) is 0 Å². The zero-order valence-corrected chi connectivity index (χ0v) is 13.3. The van der Waals surface area contributed by atoms with Gasteiger partial charge in [-0.2, -0.15) is 0 Å². The van der Waals surface area contributed by atoms with Crippen LogP contribution in [0.5, 0.6) is 0 Å². The van der Waals surface area contributed by atoms with Crippen LogP contribution in [0.25, 0.3) is 0 Å². The summed E-state index contributed by atoms with van der Waals surface area (Å²) in [4.78, 5) is 9.90. The highest BCUT2D eigenvalue weighted by atomic mass is 16.4. The van der Waals surface area contributed by atoms with E-state index in [1.165, 1.54) is 0 Å². The summed E-state index contributed by atoms with van der Waals surface area (Å²) in [6.07, 6.45) is -11.4. The maximum Gasteiger partial charge on any atom is 0.151 e. The van der Waals surface area contributed by atoms with E-state index in [1.807, 2.05) is 0 Å². The van der Waals surface area contributed by atoms with E-state index in [0.717, 1.165) is 0 Å². The molecule has 150 valence electrons. The van der Waals surface area contributed by atoms with Gasteiger partial charge in [0.25, 0.3) is 0 Å². The summed E-state index contributed by atoms with van der Waals surface area (Å²) in [6, 6.07) is -0.851. The molecular weight excluding hydrogens is 346 g/mol. The first kappa shape index (κ1) is 24.2. The molecule has 12 N–H and O–H groups in total. The van der Waals surface area contributed by atoms with Crippen LogP contribution in [0.4, 0.5) is 0 Å². The topological polar surface area (TPSA) is 245 Å². The van der Waals surface area contributed by atoms with Gasteiger partial charge in [0.05, 0.1) is 19.3 Å². The third-order valence-corrected chi connectivity index (χ3v) is 3.95. The molecule has 0 bridgehead atoms.